The van der Waals surface area contributed by atoms with E-state index in [2.05, 4.69) is 5.32 Å². The van der Waals surface area contributed by atoms with Gasteiger partial charge in [-0.2, -0.15) is 5.26 Å². The largest absolute Gasteiger partial charge is 0.497 e. The van der Waals surface area contributed by atoms with E-state index in [0.717, 1.165) is 19.3 Å². The monoisotopic (exact) mass is 294 g/mol. The van der Waals surface area contributed by atoms with E-state index in [1.165, 1.54) is 0 Å². The summed E-state index contributed by atoms with van der Waals surface area (Å²) in [6, 6.07) is 8.58. The van der Waals surface area contributed by atoms with Gasteiger partial charge in [0.2, 0.25) is 0 Å². The fourth-order valence-corrected chi connectivity index (χ4v) is 2.97. The number of nitrogens with zero attached hydrogens (tertiary/aromatic N) is 1. The Morgan fingerprint density at radius 1 is 1.24 bits per heavy atom. The zero-order valence-corrected chi connectivity index (χ0v) is 12.1. The minimum absolute atomic E-state index is 0.321. The van der Waals surface area contributed by atoms with Gasteiger partial charge in [0.1, 0.15) is 5.75 Å². The number of nitrogens with one attached hydrogen (secondary N) is 1. The molecule has 21 heavy (non-hydrogen) atoms. The molecule has 114 valence electrons. The van der Waals surface area contributed by atoms with Gasteiger partial charge in [0.05, 0.1) is 13.2 Å². The molecule has 1 unspecified atom stereocenters. The molecule has 0 spiro atoms. The van der Waals surface area contributed by atoms with Gasteiger partial charge in [0.25, 0.3) is 6.43 Å². The van der Waals surface area contributed by atoms with Gasteiger partial charge in [-0.25, -0.2) is 8.78 Å². The van der Waals surface area contributed by atoms with Crippen LogP contribution < -0.4 is 10.1 Å². The van der Waals surface area contributed by atoms with E-state index in [1.54, 1.807) is 31.4 Å². The summed E-state index contributed by atoms with van der Waals surface area (Å²) >= 11 is 0. The maximum absolute atomic E-state index is 13.7. The third-order valence-electron chi connectivity index (χ3n) is 4.22. The molecule has 0 amide bonds. The van der Waals surface area contributed by atoms with E-state index >= 15 is 0 Å². The van der Waals surface area contributed by atoms with Crippen molar-refractivity contribution in [1.82, 2.24) is 0 Å². The quantitative estimate of drug-likeness (QED) is 0.884. The van der Waals surface area contributed by atoms with Crippen molar-refractivity contribution in [3.05, 3.63) is 24.3 Å². The van der Waals surface area contributed by atoms with E-state index in [0.29, 0.717) is 24.3 Å². The second kappa shape index (κ2) is 6.75. The molecule has 1 fully saturated rings. The number of hydrogen-bond acceptors (Lipinski definition) is 3. The number of rotatable bonds is 5. The smallest absolute Gasteiger partial charge is 0.274 e. The molecule has 2 rings (SSSR count). The van der Waals surface area contributed by atoms with E-state index in [-0.39, 0.29) is 5.92 Å². The first kappa shape index (κ1) is 15.6. The molecule has 1 aromatic carbocycles. The molecule has 0 aromatic heterocycles. The van der Waals surface area contributed by atoms with Crippen LogP contribution in [0.3, 0.4) is 0 Å². The van der Waals surface area contributed by atoms with Gasteiger partial charge in [-0.1, -0.05) is 19.3 Å². The molecule has 1 saturated carbocycles. The van der Waals surface area contributed by atoms with Gasteiger partial charge in [0.15, 0.2) is 5.54 Å². The summed E-state index contributed by atoms with van der Waals surface area (Å²) in [5.41, 5.74) is -1.29. The lowest BCUT2D eigenvalue weighted by Gasteiger charge is -2.38. The maximum Gasteiger partial charge on any atom is 0.274 e. The minimum atomic E-state index is -2.73. The number of methoxy groups -OCH3 is 1. The molecule has 1 aliphatic carbocycles. The Balaban J connectivity index is 2.24. The second-order valence-electron chi connectivity index (χ2n) is 5.47. The van der Waals surface area contributed by atoms with Crippen LogP contribution in [0, 0.1) is 17.2 Å². The summed E-state index contributed by atoms with van der Waals surface area (Å²) in [6.45, 7) is 0. The number of alkyl halides is 2. The third-order valence-corrected chi connectivity index (χ3v) is 4.22. The van der Waals surface area contributed by atoms with Crippen LogP contribution >= 0.6 is 0 Å². The molecule has 0 saturated heterocycles. The first-order valence-electron chi connectivity index (χ1n) is 7.24. The summed E-state index contributed by atoms with van der Waals surface area (Å²) in [7, 11) is 1.54. The van der Waals surface area contributed by atoms with Gasteiger partial charge < -0.3 is 10.1 Å². The molecule has 1 aliphatic rings. The summed E-state index contributed by atoms with van der Waals surface area (Å²) in [4.78, 5) is 0. The first-order valence-corrected chi connectivity index (χ1v) is 7.24. The molecular weight excluding hydrogens is 274 g/mol. The molecule has 3 nitrogen and oxygen atoms in total. The van der Waals surface area contributed by atoms with Crippen molar-refractivity contribution in [2.24, 2.45) is 5.92 Å². The van der Waals surface area contributed by atoms with Gasteiger partial charge in [-0.15, -0.1) is 0 Å². The lowest BCUT2D eigenvalue weighted by atomic mass is 9.75. The number of benzene rings is 1. The summed E-state index contributed by atoms with van der Waals surface area (Å²) in [5, 5.41) is 12.2. The van der Waals surface area contributed by atoms with E-state index in [1.807, 2.05) is 6.07 Å². The highest BCUT2D eigenvalue weighted by molar-refractivity contribution is 5.51. The van der Waals surface area contributed by atoms with Crippen molar-refractivity contribution in [2.45, 2.75) is 44.1 Å². The number of halogens is 2. The Morgan fingerprint density at radius 2 is 1.86 bits per heavy atom. The number of anilines is 1. The van der Waals surface area contributed by atoms with Crippen LogP contribution in [-0.2, 0) is 0 Å². The van der Waals surface area contributed by atoms with Crippen LogP contribution in [0.25, 0.3) is 0 Å². The lowest BCUT2D eigenvalue weighted by Crippen LogP contribution is -2.51. The summed E-state index contributed by atoms with van der Waals surface area (Å²) in [5.74, 6) is 0.330. The van der Waals surface area contributed by atoms with Gasteiger partial charge in [-0.05, 0) is 37.1 Å². The Hall–Kier alpha value is -1.83. The molecule has 1 atom stereocenters. The summed E-state index contributed by atoms with van der Waals surface area (Å²) < 4.78 is 32.4. The summed E-state index contributed by atoms with van der Waals surface area (Å²) in [6.07, 6.45) is 1.48. The second-order valence-corrected chi connectivity index (χ2v) is 5.47. The van der Waals surface area contributed by atoms with Crippen molar-refractivity contribution in [3.63, 3.8) is 0 Å². The highest BCUT2D eigenvalue weighted by Crippen LogP contribution is 2.38. The SMILES string of the molecule is COc1ccc(NC(C#N)(C(F)F)C2CCCCC2)cc1. The van der Waals surface area contributed by atoms with E-state index < -0.39 is 12.0 Å². The Labute approximate surface area is 123 Å². The highest BCUT2D eigenvalue weighted by Gasteiger charge is 2.47. The predicted octanol–water partition coefficient (Wildman–Crippen LogP) is 4.21. The molecule has 1 N–H and O–H groups in total. The van der Waals surface area contributed by atoms with E-state index in [9.17, 15) is 14.0 Å². The zero-order valence-electron chi connectivity index (χ0n) is 12.1. The number of hydrogen-bond donors (Lipinski definition) is 1. The van der Waals surface area contributed by atoms with Crippen LogP contribution in [0.4, 0.5) is 14.5 Å². The standard InChI is InChI=1S/C16H20F2N2O/c1-21-14-9-7-13(8-10-14)20-16(11-19,15(17)18)12-5-3-2-4-6-12/h7-10,12,15,20H,2-6H2,1H3. The Morgan fingerprint density at radius 3 is 2.33 bits per heavy atom. The molecule has 0 aliphatic heterocycles. The average Bonchev–Trinajstić information content (AvgIpc) is 2.54. The first-order chi connectivity index (χ1) is 10.1. The Bertz CT molecular complexity index is 492. The van der Waals surface area contributed by atoms with Gasteiger partial charge in [-0.3, -0.25) is 0 Å². The van der Waals surface area contributed by atoms with Gasteiger partial charge >= 0.3 is 0 Å². The van der Waals surface area contributed by atoms with Crippen molar-refractivity contribution >= 4 is 5.69 Å². The maximum atomic E-state index is 13.7. The fourth-order valence-electron chi connectivity index (χ4n) is 2.97. The normalized spacial score (nSPS) is 18.8. The topological polar surface area (TPSA) is 45.0 Å². The van der Waals surface area contributed by atoms with E-state index in [4.69, 9.17) is 4.74 Å². The van der Waals surface area contributed by atoms with Crippen LogP contribution in [0.15, 0.2) is 24.3 Å². The molecular formula is C16H20F2N2O. The van der Waals surface area contributed by atoms with Crippen LogP contribution in [0.1, 0.15) is 32.1 Å². The van der Waals surface area contributed by atoms with Gasteiger partial charge in [0, 0.05) is 11.6 Å². The number of nitriles is 1. The molecule has 0 radical (unpaired) electrons. The number of ether oxygens (including phenoxy) is 1. The van der Waals surface area contributed by atoms with Crippen LogP contribution in [0.5, 0.6) is 5.75 Å². The third kappa shape index (κ3) is 3.26. The zero-order chi connectivity index (χ0) is 15.3. The molecule has 0 heterocycles. The predicted molar refractivity (Wildman–Crippen MR) is 77.5 cm³/mol. The lowest BCUT2D eigenvalue weighted by molar-refractivity contribution is 0.0507. The Kier molecular flexibility index (Phi) is 5.00. The van der Waals surface area contributed by atoms with Crippen molar-refractivity contribution < 1.29 is 13.5 Å². The van der Waals surface area contributed by atoms with Crippen molar-refractivity contribution in [2.75, 3.05) is 12.4 Å². The molecule has 1 aromatic rings. The minimum Gasteiger partial charge on any atom is -0.497 e. The highest BCUT2D eigenvalue weighted by atomic mass is 19.3. The molecule has 0 bridgehead atoms. The van der Waals surface area contributed by atoms with Crippen molar-refractivity contribution in [1.29, 1.82) is 5.26 Å². The van der Waals surface area contributed by atoms with Crippen LogP contribution in [0.2, 0.25) is 0 Å². The molecule has 5 heteroatoms. The van der Waals surface area contributed by atoms with Crippen LogP contribution in [-0.4, -0.2) is 19.1 Å². The van der Waals surface area contributed by atoms with Crippen molar-refractivity contribution in [3.8, 4) is 11.8 Å². The average molecular weight is 294 g/mol. The fraction of sp³-hybridized carbons (Fsp3) is 0.562.